The molecule has 0 radical (unpaired) electrons. The highest BCUT2D eigenvalue weighted by molar-refractivity contribution is 5.81. The van der Waals surface area contributed by atoms with Crippen molar-refractivity contribution >= 4 is 11.9 Å². The molecule has 1 aliphatic heterocycles. The van der Waals surface area contributed by atoms with Gasteiger partial charge in [-0.1, -0.05) is 6.07 Å². The van der Waals surface area contributed by atoms with Crippen LogP contribution in [-0.4, -0.2) is 43.1 Å². The number of carbonyl (C=O) groups is 2. The fourth-order valence-corrected chi connectivity index (χ4v) is 3.12. The molecule has 0 aliphatic carbocycles. The first-order valence-electron chi connectivity index (χ1n) is 8.44. The van der Waals surface area contributed by atoms with Gasteiger partial charge in [0.25, 0.3) is 5.91 Å². The molecule has 0 unspecified atom stereocenters. The summed E-state index contributed by atoms with van der Waals surface area (Å²) in [7, 11) is 1.40. The second-order valence-electron chi connectivity index (χ2n) is 6.59. The van der Waals surface area contributed by atoms with Crippen LogP contribution in [0.15, 0.2) is 12.1 Å². The number of hydrogen-bond donors (Lipinski definition) is 0. The van der Waals surface area contributed by atoms with Gasteiger partial charge in [-0.3, -0.25) is 9.59 Å². The third-order valence-electron chi connectivity index (χ3n) is 4.76. The van der Waals surface area contributed by atoms with Gasteiger partial charge < -0.3 is 14.4 Å². The summed E-state index contributed by atoms with van der Waals surface area (Å²) in [4.78, 5) is 26.0. The molecule has 0 bridgehead atoms. The number of ether oxygens (including phenoxy) is 2. The fourth-order valence-electron chi connectivity index (χ4n) is 3.12. The Hall–Kier alpha value is -2.04. The van der Waals surface area contributed by atoms with E-state index >= 15 is 0 Å². The molecule has 2 rings (SSSR count). The van der Waals surface area contributed by atoms with E-state index in [1.165, 1.54) is 7.11 Å². The predicted molar refractivity (Wildman–Crippen MR) is 92.1 cm³/mol. The first-order valence-corrected chi connectivity index (χ1v) is 8.44. The highest BCUT2D eigenvalue weighted by Gasteiger charge is 2.30. The molecule has 0 aromatic heterocycles. The van der Waals surface area contributed by atoms with Crippen molar-refractivity contribution in [2.24, 2.45) is 5.92 Å². The van der Waals surface area contributed by atoms with E-state index in [1.807, 2.05) is 26.8 Å². The first-order chi connectivity index (χ1) is 11.3. The quantitative estimate of drug-likeness (QED) is 0.795. The Morgan fingerprint density at radius 1 is 1.17 bits per heavy atom. The standard InChI is InChI=1S/C19H27NO4/c1-12-10-13(2)14(3)17(11-12)24-15(4)18(21)20-8-6-16(7-9-20)19(22)23-5/h10-11,15-16H,6-9H2,1-5H3/t15-/m1/s1. The van der Waals surface area contributed by atoms with Gasteiger partial charge in [0, 0.05) is 13.1 Å². The van der Waals surface area contributed by atoms with Crippen molar-refractivity contribution in [2.45, 2.75) is 46.6 Å². The lowest BCUT2D eigenvalue weighted by Gasteiger charge is -2.32. The van der Waals surface area contributed by atoms with Gasteiger partial charge in [0.05, 0.1) is 13.0 Å². The van der Waals surface area contributed by atoms with E-state index in [9.17, 15) is 9.59 Å². The molecule has 132 valence electrons. The zero-order valence-electron chi connectivity index (χ0n) is 15.2. The summed E-state index contributed by atoms with van der Waals surface area (Å²) in [5.41, 5.74) is 3.33. The molecular weight excluding hydrogens is 306 g/mol. The number of hydrogen-bond acceptors (Lipinski definition) is 4. The molecule has 0 N–H and O–H groups in total. The summed E-state index contributed by atoms with van der Waals surface area (Å²) in [6.45, 7) is 8.98. The summed E-state index contributed by atoms with van der Waals surface area (Å²) in [6.07, 6.45) is 0.751. The molecule has 1 fully saturated rings. The molecule has 0 spiro atoms. The average Bonchev–Trinajstić information content (AvgIpc) is 2.57. The summed E-state index contributed by atoms with van der Waals surface area (Å²) in [6, 6.07) is 4.07. The lowest BCUT2D eigenvalue weighted by Crippen LogP contribution is -2.45. The maximum Gasteiger partial charge on any atom is 0.308 e. The van der Waals surface area contributed by atoms with E-state index in [-0.39, 0.29) is 17.8 Å². The van der Waals surface area contributed by atoms with Crippen molar-refractivity contribution in [3.05, 3.63) is 28.8 Å². The van der Waals surface area contributed by atoms with Gasteiger partial charge in [0.1, 0.15) is 5.75 Å². The minimum absolute atomic E-state index is 0.0307. The van der Waals surface area contributed by atoms with E-state index in [2.05, 4.69) is 6.07 Å². The third kappa shape index (κ3) is 4.08. The van der Waals surface area contributed by atoms with Crippen molar-refractivity contribution in [1.82, 2.24) is 4.90 Å². The topological polar surface area (TPSA) is 55.8 Å². The molecule has 1 aromatic carbocycles. The average molecular weight is 333 g/mol. The largest absolute Gasteiger partial charge is 0.481 e. The maximum absolute atomic E-state index is 12.6. The number of carbonyl (C=O) groups excluding carboxylic acids is 2. The number of nitrogens with zero attached hydrogens (tertiary/aromatic N) is 1. The Morgan fingerprint density at radius 2 is 1.79 bits per heavy atom. The lowest BCUT2D eigenvalue weighted by molar-refractivity contribution is -0.150. The van der Waals surface area contributed by atoms with Crippen molar-refractivity contribution in [3.63, 3.8) is 0 Å². The highest BCUT2D eigenvalue weighted by Crippen LogP contribution is 2.25. The maximum atomic E-state index is 12.6. The predicted octanol–water partition coefficient (Wildman–Crippen LogP) is 2.79. The van der Waals surface area contributed by atoms with Gasteiger partial charge in [-0.05, 0) is 63.3 Å². The van der Waals surface area contributed by atoms with Gasteiger partial charge in [0.2, 0.25) is 0 Å². The van der Waals surface area contributed by atoms with Crippen molar-refractivity contribution in [3.8, 4) is 5.75 Å². The van der Waals surface area contributed by atoms with Crippen LogP contribution in [0.25, 0.3) is 0 Å². The summed E-state index contributed by atoms with van der Waals surface area (Å²) < 4.78 is 10.7. The normalized spacial score (nSPS) is 16.6. The second kappa shape index (κ2) is 7.69. The van der Waals surface area contributed by atoms with Gasteiger partial charge in [-0.2, -0.15) is 0 Å². The van der Waals surface area contributed by atoms with E-state index in [0.29, 0.717) is 25.9 Å². The van der Waals surface area contributed by atoms with Crippen LogP contribution in [0.5, 0.6) is 5.75 Å². The molecule has 1 saturated heterocycles. The lowest BCUT2D eigenvalue weighted by atomic mass is 9.97. The first kappa shape index (κ1) is 18.3. The van der Waals surface area contributed by atoms with E-state index in [0.717, 1.165) is 22.4 Å². The minimum Gasteiger partial charge on any atom is -0.481 e. The van der Waals surface area contributed by atoms with Crippen LogP contribution in [0.2, 0.25) is 0 Å². The number of esters is 1. The van der Waals surface area contributed by atoms with Crippen molar-refractivity contribution < 1.29 is 19.1 Å². The number of piperidine rings is 1. The number of methoxy groups -OCH3 is 1. The van der Waals surface area contributed by atoms with Crippen LogP contribution < -0.4 is 4.74 Å². The van der Waals surface area contributed by atoms with Crippen molar-refractivity contribution in [1.29, 1.82) is 0 Å². The van der Waals surface area contributed by atoms with Crippen LogP contribution in [0.1, 0.15) is 36.5 Å². The monoisotopic (exact) mass is 333 g/mol. The third-order valence-corrected chi connectivity index (χ3v) is 4.76. The van der Waals surface area contributed by atoms with Crippen LogP contribution in [0.4, 0.5) is 0 Å². The number of aryl methyl sites for hydroxylation is 2. The van der Waals surface area contributed by atoms with Gasteiger partial charge in [-0.15, -0.1) is 0 Å². The van der Waals surface area contributed by atoms with Gasteiger partial charge in [0.15, 0.2) is 6.10 Å². The molecule has 1 amide bonds. The minimum atomic E-state index is -0.542. The van der Waals surface area contributed by atoms with Gasteiger partial charge in [-0.25, -0.2) is 0 Å². The Morgan fingerprint density at radius 3 is 2.38 bits per heavy atom. The Labute approximate surface area is 143 Å². The molecule has 1 heterocycles. The Bertz CT molecular complexity index is 618. The SMILES string of the molecule is COC(=O)C1CCN(C(=O)[C@@H](C)Oc2cc(C)cc(C)c2C)CC1. The van der Waals surface area contributed by atoms with E-state index < -0.39 is 6.10 Å². The Kier molecular flexibility index (Phi) is 5.86. The molecule has 1 aliphatic rings. The fraction of sp³-hybridized carbons (Fsp3) is 0.579. The molecule has 0 saturated carbocycles. The van der Waals surface area contributed by atoms with E-state index in [4.69, 9.17) is 9.47 Å². The van der Waals surface area contributed by atoms with Crippen molar-refractivity contribution in [2.75, 3.05) is 20.2 Å². The van der Waals surface area contributed by atoms with Crippen LogP contribution in [-0.2, 0) is 14.3 Å². The molecule has 5 nitrogen and oxygen atoms in total. The van der Waals surface area contributed by atoms with Crippen LogP contribution in [0, 0.1) is 26.7 Å². The van der Waals surface area contributed by atoms with Gasteiger partial charge >= 0.3 is 5.97 Å². The molecule has 1 aromatic rings. The smallest absolute Gasteiger partial charge is 0.308 e. The number of likely N-dealkylation sites (tertiary alicyclic amines) is 1. The zero-order chi connectivity index (χ0) is 17.9. The highest BCUT2D eigenvalue weighted by atomic mass is 16.5. The summed E-state index contributed by atoms with van der Waals surface area (Å²) in [5, 5.41) is 0. The number of rotatable bonds is 4. The van der Waals surface area contributed by atoms with Crippen LogP contribution in [0.3, 0.4) is 0 Å². The number of benzene rings is 1. The van der Waals surface area contributed by atoms with Crippen LogP contribution >= 0.6 is 0 Å². The summed E-state index contributed by atoms with van der Waals surface area (Å²) in [5.74, 6) is 0.448. The van der Waals surface area contributed by atoms with E-state index in [1.54, 1.807) is 11.8 Å². The summed E-state index contributed by atoms with van der Waals surface area (Å²) >= 11 is 0. The zero-order valence-corrected chi connectivity index (χ0v) is 15.2. The molecule has 5 heteroatoms. The molecular formula is C19H27NO4. The molecule has 1 atom stereocenters. The second-order valence-corrected chi connectivity index (χ2v) is 6.59. The Balaban J connectivity index is 1.97. The number of amides is 1. The molecule has 24 heavy (non-hydrogen) atoms.